The summed E-state index contributed by atoms with van der Waals surface area (Å²) in [5, 5.41) is 0. The van der Waals surface area contributed by atoms with E-state index >= 15 is 0 Å². The predicted octanol–water partition coefficient (Wildman–Crippen LogP) is 2.02. The van der Waals surface area contributed by atoms with E-state index in [-0.39, 0.29) is 5.91 Å². The van der Waals surface area contributed by atoms with Gasteiger partial charge in [-0.1, -0.05) is 6.07 Å². The number of likely N-dealkylation sites (N-methyl/N-ethyl adjacent to an activating group) is 1. The molecule has 0 saturated heterocycles. The zero-order valence-electron chi connectivity index (χ0n) is 14.3. The second-order valence-corrected chi connectivity index (χ2v) is 7.25. The Hall–Kier alpha value is -2.05. The van der Waals surface area contributed by atoms with Crippen molar-refractivity contribution in [2.75, 3.05) is 33.4 Å². The highest BCUT2D eigenvalue weighted by molar-refractivity contribution is 7.84. The Morgan fingerprint density at radius 2 is 1.83 bits per heavy atom. The van der Waals surface area contributed by atoms with Gasteiger partial charge in [-0.2, -0.15) is 0 Å². The Bertz CT molecular complexity index is 687. The van der Waals surface area contributed by atoms with E-state index in [4.69, 9.17) is 0 Å². The molecule has 1 aromatic carbocycles. The largest absolute Gasteiger partial charge is 0.333 e. The maximum atomic E-state index is 12.9. The van der Waals surface area contributed by atoms with Crippen LogP contribution in [0.3, 0.4) is 0 Å². The molecule has 1 amide bonds. The molecule has 0 aliphatic rings. The molecule has 0 saturated carbocycles. The number of carbonyl (C=O) groups excluding carboxylic acids is 1. The third kappa shape index (κ3) is 5.25. The van der Waals surface area contributed by atoms with E-state index in [0.717, 1.165) is 17.0 Å². The number of amides is 1. The highest BCUT2D eigenvalue weighted by Crippen LogP contribution is 2.12. The van der Waals surface area contributed by atoms with Crippen LogP contribution in [-0.2, 0) is 17.3 Å². The number of hydrogen-bond acceptors (Lipinski definition) is 4. The highest BCUT2D eigenvalue weighted by atomic mass is 32.2. The fourth-order valence-electron chi connectivity index (χ4n) is 2.26. The van der Waals surface area contributed by atoms with Gasteiger partial charge in [0.25, 0.3) is 5.91 Å². The minimum absolute atomic E-state index is 0.0332. The number of benzene rings is 1. The molecule has 2 rings (SSSR count). The van der Waals surface area contributed by atoms with Crippen molar-refractivity contribution in [2.45, 2.75) is 11.4 Å². The fourth-order valence-corrected chi connectivity index (χ4v) is 2.78. The minimum Gasteiger partial charge on any atom is -0.333 e. The van der Waals surface area contributed by atoms with Gasteiger partial charge >= 0.3 is 0 Å². The quantitative estimate of drug-likeness (QED) is 0.770. The molecule has 0 N–H and O–H groups in total. The van der Waals surface area contributed by atoms with Crippen LogP contribution in [0, 0.1) is 0 Å². The van der Waals surface area contributed by atoms with E-state index in [0.29, 0.717) is 18.7 Å². The molecule has 1 heterocycles. The van der Waals surface area contributed by atoms with E-state index in [1.165, 1.54) is 0 Å². The van der Waals surface area contributed by atoms with Gasteiger partial charge in [0.15, 0.2) is 0 Å². The normalized spacial score (nSPS) is 12.2. The summed E-state index contributed by atoms with van der Waals surface area (Å²) in [6.07, 6.45) is 5.13. The molecule has 0 radical (unpaired) electrons. The summed E-state index contributed by atoms with van der Waals surface area (Å²) >= 11 is 0. The number of aromatic nitrogens is 1. The molecular formula is C18H23N3O2S. The molecule has 128 valence electrons. The van der Waals surface area contributed by atoms with Gasteiger partial charge in [-0.3, -0.25) is 14.0 Å². The summed E-state index contributed by atoms with van der Waals surface area (Å²) in [6.45, 7) is 1.92. The Morgan fingerprint density at radius 1 is 1.12 bits per heavy atom. The number of hydrogen-bond donors (Lipinski definition) is 0. The van der Waals surface area contributed by atoms with Crippen molar-refractivity contribution in [2.24, 2.45) is 0 Å². The standard InChI is InChI=1S/C18H23N3O2S/c1-20(2)11-12-21(14-15-5-4-10-19-13-15)18(22)16-6-8-17(9-7-16)24(3)23/h4-10,13H,11-12,14H2,1-3H3. The number of pyridine rings is 1. The first-order valence-corrected chi connectivity index (χ1v) is 9.29. The summed E-state index contributed by atoms with van der Waals surface area (Å²) in [5.41, 5.74) is 1.60. The highest BCUT2D eigenvalue weighted by Gasteiger charge is 2.16. The van der Waals surface area contributed by atoms with E-state index < -0.39 is 10.8 Å². The molecule has 2 aromatic rings. The molecule has 5 nitrogen and oxygen atoms in total. The SMILES string of the molecule is CN(C)CCN(Cc1cccnc1)C(=O)c1ccc(S(C)=O)cc1. The summed E-state index contributed by atoms with van der Waals surface area (Å²) in [4.78, 5) is 21.6. The maximum Gasteiger partial charge on any atom is 0.254 e. The van der Waals surface area contributed by atoms with Crippen molar-refractivity contribution in [3.8, 4) is 0 Å². The summed E-state index contributed by atoms with van der Waals surface area (Å²) < 4.78 is 11.5. The summed E-state index contributed by atoms with van der Waals surface area (Å²) in [5.74, 6) is -0.0332. The van der Waals surface area contributed by atoms with Crippen molar-refractivity contribution >= 4 is 16.7 Å². The number of nitrogens with zero attached hydrogens (tertiary/aromatic N) is 3. The lowest BCUT2D eigenvalue weighted by atomic mass is 10.1. The van der Waals surface area contributed by atoms with Crippen LogP contribution < -0.4 is 0 Å². The van der Waals surface area contributed by atoms with E-state index in [2.05, 4.69) is 4.98 Å². The lowest BCUT2D eigenvalue weighted by Crippen LogP contribution is -2.36. The molecule has 1 unspecified atom stereocenters. The minimum atomic E-state index is -1.04. The maximum absolute atomic E-state index is 12.9. The molecule has 1 atom stereocenters. The Balaban J connectivity index is 2.17. The van der Waals surface area contributed by atoms with Crippen LogP contribution in [0.2, 0.25) is 0 Å². The fraction of sp³-hybridized carbons (Fsp3) is 0.333. The molecule has 0 bridgehead atoms. The third-order valence-electron chi connectivity index (χ3n) is 3.63. The zero-order valence-corrected chi connectivity index (χ0v) is 15.1. The summed E-state index contributed by atoms with van der Waals surface area (Å²) in [6, 6.07) is 10.8. The first kappa shape index (κ1) is 18.3. The summed E-state index contributed by atoms with van der Waals surface area (Å²) in [7, 11) is 2.93. The van der Waals surface area contributed by atoms with Crippen molar-refractivity contribution < 1.29 is 9.00 Å². The monoisotopic (exact) mass is 345 g/mol. The van der Waals surface area contributed by atoms with Crippen LogP contribution in [0.25, 0.3) is 0 Å². The zero-order chi connectivity index (χ0) is 17.5. The molecule has 0 fully saturated rings. The second kappa shape index (κ2) is 8.70. The molecule has 0 spiro atoms. The van der Waals surface area contributed by atoms with Crippen LogP contribution in [0.1, 0.15) is 15.9 Å². The molecular weight excluding hydrogens is 322 g/mol. The van der Waals surface area contributed by atoms with Crippen molar-refractivity contribution in [3.63, 3.8) is 0 Å². The molecule has 6 heteroatoms. The number of carbonyl (C=O) groups is 1. The van der Waals surface area contributed by atoms with Crippen LogP contribution in [0.5, 0.6) is 0 Å². The van der Waals surface area contributed by atoms with Gasteiger partial charge < -0.3 is 9.80 Å². The van der Waals surface area contributed by atoms with Crippen molar-refractivity contribution in [1.82, 2.24) is 14.8 Å². The van der Waals surface area contributed by atoms with Gasteiger partial charge in [-0.15, -0.1) is 0 Å². The predicted molar refractivity (Wildman–Crippen MR) is 96.3 cm³/mol. The van der Waals surface area contributed by atoms with Crippen LogP contribution >= 0.6 is 0 Å². The van der Waals surface area contributed by atoms with E-state index in [1.807, 2.05) is 36.0 Å². The molecule has 1 aromatic heterocycles. The van der Waals surface area contributed by atoms with Gasteiger partial charge in [0.05, 0.1) is 0 Å². The van der Waals surface area contributed by atoms with Gasteiger partial charge in [-0.05, 0) is 50.0 Å². The van der Waals surface area contributed by atoms with Crippen molar-refractivity contribution in [1.29, 1.82) is 0 Å². The van der Waals surface area contributed by atoms with E-state index in [9.17, 15) is 9.00 Å². The second-order valence-electron chi connectivity index (χ2n) is 5.87. The van der Waals surface area contributed by atoms with Crippen molar-refractivity contribution in [3.05, 3.63) is 59.9 Å². The van der Waals surface area contributed by atoms with Gasteiger partial charge in [0.2, 0.25) is 0 Å². The Kier molecular flexibility index (Phi) is 6.63. The van der Waals surface area contributed by atoms with Gasteiger partial charge in [-0.25, -0.2) is 0 Å². The Morgan fingerprint density at radius 3 is 2.38 bits per heavy atom. The lowest BCUT2D eigenvalue weighted by molar-refractivity contribution is 0.0731. The van der Waals surface area contributed by atoms with Crippen LogP contribution in [-0.4, -0.2) is 58.3 Å². The molecule has 24 heavy (non-hydrogen) atoms. The topological polar surface area (TPSA) is 53.5 Å². The van der Waals surface area contributed by atoms with Crippen LogP contribution in [0.4, 0.5) is 0 Å². The van der Waals surface area contributed by atoms with Gasteiger partial charge in [0, 0.05) is 59.5 Å². The number of rotatable bonds is 7. The first-order valence-electron chi connectivity index (χ1n) is 7.74. The smallest absolute Gasteiger partial charge is 0.254 e. The average Bonchev–Trinajstić information content (AvgIpc) is 2.58. The van der Waals surface area contributed by atoms with Gasteiger partial charge in [0.1, 0.15) is 0 Å². The molecule has 0 aliphatic heterocycles. The van der Waals surface area contributed by atoms with Crippen LogP contribution in [0.15, 0.2) is 53.7 Å². The average molecular weight is 345 g/mol. The third-order valence-corrected chi connectivity index (χ3v) is 4.57. The first-order chi connectivity index (χ1) is 11.5. The Labute approximate surface area is 145 Å². The lowest BCUT2D eigenvalue weighted by Gasteiger charge is -2.24. The molecule has 0 aliphatic carbocycles. The van der Waals surface area contributed by atoms with E-state index in [1.54, 1.807) is 42.9 Å².